The van der Waals surface area contributed by atoms with Gasteiger partial charge in [-0.3, -0.25) is 9.88 Å². The summed E-state index contributed by atoms with van der Waals surface area (Å²) in [6.07, 6.45) is 5.19. The highest BCUT2D eigenvalue weighted by Gasteiger charge is 2.37. The summed E-state index contributed by atoms with van der Waals surface area (Å²) in [7, 11) is 0. The van der Waals surface area contributed by atoms with Crippen LogP contribution >= 0.6 is 0 Å². The quantitative estimate of drug-likeness (QED) is 0.772. The summed E-state index contributed by atoms with van der Waals surface area (Å²) in [4.78, 5) is 7.21. The lowest BCUT2D eigenvalue weighted by molar-refractivity contribution is -0.0805. The lowest BCUT2D eigenvalue weighted by Gasteiger charge is -2.44. The van der Waals surface area contributed by atoms with Crippen molar-refractivity contribution < 1.29 is 9.13 Å². The van der Waals surface area contributed by atoms with E-state index in [9.17, 15) is 4.39 Å². The molecule has 1 aromatic carbocycles. The van der Waals surface area contributed by atoms with E-state index in [0.29, 0.717) is 6.04 Å². The summed E-state index contributed by atoms with van der Waals surface area (Å²) in [6.45, 7) is 5.14. The fraction of sp³-hybridized carbons (Fsp3) is 0.409. The SMILES string of the molecule is CCCN1CCO[C@H]2c3cc(C#Cc4ccc(F)cc4)cnc3CC[C@H]21. The normalized spacial score (nSPS) is 22.1. The van der Waals surface area contributed by atoms with Crippen LogP contribution in [0.1, 0.15) is 48.3 Å². The first-order chi connectivity index (χ1) is 12.7. The first-order valence-corrected chi connectivity index (χ1v) is 9.36. The number of rotatable bonds is 2. The average Bonchev–Trinajstić information content (AvgIpc) is 2.68. The molecule has 0 amide bonds. The van der Waals surface area contributed by atoms with Gasteiger partial charge in [0.2, 0.25) is 0 Å². The molecule has 0 radical (unpaired) electrons. The lowest BCUT2D eigenvalue weighted by Crippen LogP contribution is -2.49. The van der Waals surface area contributed by atoms with Gasteiger partial charge < -0.3 is 4.74 Å². The van der Waals surface area contributed by atoms with E-state index in [2.05, 4.69) is 34.7 Å². The molecule has 2 aliphatic rings. The fourth-order valence-electron chi connectivity index (χ4n) is 3.96. The number of nitrogens with zero attached hydrogens (tertiary/aromatic N) is 2. The van der Waals surface area contributed by atoms with Gasteiger partial charge in [-0.25, -0.2) is 4.39 Å². The van der Waals surface area contributed by atoms with Crippen LogP contribution in [0.25, 0.3) is 0 Å². The number of pyridine rings is 1. The van der Waals surface area contributed by atoms with Gasteiger partial charge in [0.25, 0.3) is 0 Å². The molecule has 2 aromatic rings. The van der Waals surface area contributed by atoms with Crippen molar-refractivity contribution in [3.05, 3.63) is 64.7 Å². The number of hydrogen-bond acceptors (Lipinski definition) is 3. The largest absolute Gasteiger partial charge is 0.370 e. The monoisotopic (exact) mass is 350 g/mol. The minimum atomic E-state index is -0.247. The summed E-state index contributed by atoms with van der Waals surface area (Å²) < 4.78 is 19.2. The summed E-state index contributed by atoms with van der Waals surface area (Å²) in [6, 6.07) is 8.81. The molecule has 134 valence electrons. The second-order valence-corrected chi connectivity index (χ2v) is 6.95. The fourth-order valence-corrected chi connectivity index (χ4v) is 3.96. The molecule has 2 atom stereocenters. The molecule has 26 heavy (non-hydrogen) atoms. The van der Waals surface area contributed by atoms with Gasteiger partial charge in [-0.15, -0.1) is 0 Å². The van der Waals surface area contributed by atoms with Crippen LogP contribution in [0, 0.1) is 17.7 Å². The van der Waals surface area contributed by atoms with E-state index in [1.165, 1.54) is 17.7 Å². The Morgan fingerprint density at radius 2 is 2.04 bits per heavy atom. The summed E-state index contributed by atoms with van der Waals surface area (Å²) in [5.41, 5.74) is 4.00. The Hall–Kier alpha value is -2.22. The number of benzene rings is 1. The molecule has 0 unspecified atom stereocenters. The molecule has 0 spiro atoms. The third kappa shape index (κ3) is 3.51. The lowest BCUT2D eigenvalue weighted by atomic mass is 9.86. The van der Waals surface area contributed by atoms with E-state index in [4.69, 9.17) is 4.74 Å². The van der Waals surface area contributed by atoms with Crippen LogP contribution in [0.3, 0.4) is 0 Å². The Kier molecular flexibility index (Phi) is 5.01. The number of aromatic nitrogens is 1. The van der Waals surface area contributed by atoms with Crippen LogP contribution in [-0.4, -0.2) is 35.6 Å². The predicted molar refractivity (Wildman–Crippen MR) is 99.3 cm³/mol. The van der Waals surface area contributed by atoms with Gasteiger partial charge in [-0.05, 0) is 56.1 Å². The van der Waals surface area contributed by atoms with Gasteiger partial charge in [-0.1, -0.05) is 18.8 Å². The second kappa shape index (κ2) is 7.57. The van der Waals surface area contributed by atoms with Crippen LogP contribution in [-0.2, 0) is 11.2 Å². The van der Waals surface area contributed by atoms with Crippen molar-refractivity contribution in [1.29, 1.82) is 0 Å². The summed E-state index contributed by atoms with van der Waals surface area (Å²) in [5, 5.41) is 0. The highest BCUT2D eigenvalue weighted by molar-refractivity contribution is 5.44. The Morgan fingerprint density at radius 3 is 2.85 bits per heavy atom. The third-order valence-electron chi connectivity index (χ3n) is 5.19. The average molecular weight is 350 g/mol. The maximum absolute atomic E-state index is 13.0. The van der Waals surface area contributed by atoms with Crippen molar-refractivity contribution in [2.45, 2.75) is 38.3 Å². The molecule has 1 saturated heterocycles. The van der Waals surface area contributed by atoms with Gasteiger partial charge >= 0.3 is 0 Å². The Bertz CT molecular complexity index is 835. The number of morpholine rings is 1. The van der Waals surface area contributed by atoms with Gasteiger partial charge in [-0.2, -0.15) is 0 Å². The minimum absolute atomic E-state index is 0.0964. The van der Waals surface area contributed by atoms with Gasteiger partial charge in [0, 0.05) is 41.2 Å². The smallest absolute Gasteiger partial charge is 0.123 e. The standard InChI is InChI=1S/C22H23FN2O/c1-2-11-25-12-13-26-22-19-14-17(15-24-20(19)9-10-21(22)25)4-3-16-5-7-18(23)8-6-16/h5-8,14-15,21-22H,2,9-13H2,1H3/t21-,22+/m1/s1. The molecule has 4 rings (SSSR count). The third-order valence-corrected chi connectivity index (χ3v) is 5.19. The molecule has 0 saturated carbocycles. The first kappa shape index (κ1) is 17.2. The number of hydrogen-bond donors (Lipinski definition) is 0. The molecule has 1 aliphatic heterocycles. The second-order valence-electron chi connectivity index (χ2n) is 6.95. The van der Waals surface area contributed by atoms with Crippen molar-refractivity contribution in [2.75, 3.05) is 19.7 Å². The van der Waals surface area contributed by atoms with Crippen molar-refractivity contribution in [3.8, 4) is 11.8 Å². The van der Waals surface area contributed by atoms with Crippen molar-refractivity contribution >= 4 is 0 Å². The maximum Gasteiger partial charge on any atom is 0.123 e. The highest BCUT2D eigenvalue weighted by atomic mass is 19.1. The maximum atomic E-state index is 13.0. The van der Waals surface area contributed by atoms with Crippen molar-refractivity contribution in [3.63, 3.8) is 0 Å². The molecule has 1 aromatic heterocycles. The zero-order chi connectivity index (χ0) is 17.9. The molecule has 3 nitrogen and oxygen atoms in total. The number of halogens is 1. The summed E-state index contributed by atoms with van der Waals surface area (Å²) in [5.74, 6) is 6.00. The Balaban J connectivity index is 1.60. The van der Waals surface area contributed by atoms with Crippen LogP contribution in [0.4, 0.5) is 4.39 Å². The van der Waals surface area contributed by atoms with E-state index in [1.807, 2.05) is 6.20 Å². The predicted octanol–water partition coefficient (Wildman–Crippen LogP) is 3.72. The molecule has 1 aliphatic carbocycles. The van der Waals surface area contributed by atoms with Crippen LogP contribution < -0.4 is 0 Å². The molecule has 0 N–H and O–H groups in total. The molecule has 4 heteroatoms. The zero-order valence-electron chi connectivity index (χ0n) is 15.0. The first-order valence-electron chi connectivity index (χ1n) is 9.36. The molecule has 0 bridgehead atoms. The van der Waals surface area contributed by atoms with Crippen molar-refractivity contribution in [1.82, 2.24) is 9.88 Å². The van der Waals surface area contributed by atoms with E-state index >= 15 is 0 Å². The molecule has 2 heterocycles. The van der Waals surface area contributed by atoms with E-state index in [0.717, 1.165) is 55.8 Å². The highest BCUT2D eigenvalue weighted by Crippen LogP contribution is 2.37. The van der Waals surface area contributed by atoms with E-state index in [-0.39, 0.29) is 11.9 Å². The zero-order valence-corrected chi connectivity index (χ0v) is 15.0. The van der Waals surface area contributed by atoms with E-state index < -0.39 is 0 Å². The van der Waals surface area contributed by atoms with Crippen LogP contribution in [0.2, 0.25) is 0 Å². The molecule has 1 fully saturated rings. The number of ether oxygens (including phenoxy) is 1. The van der Waals surface area contributed by atoms with Crippen molar-refractivity contribution in [2.24, 2.45) is 0 Å². The van der Waals surface area contributed by atoms with E-state index in [1.54, 1.807) is 12.1 Å². The molecular formula is C22H23FN2O. The number of aryl methyl sites for hydroxylation is 1. The molecular weight excluding hydrogens is 327 g/mol. The number of fused-ring (bicyclic) bond motifs is 3. The van der Waals surface area contributed by atoms with Crippen LogP contribution in [0.15, 0.2) is 36.5 Å². The topological polar surface area (TPSA) is 25.4 Å². The van der Waals surface area contributed by atoms with Crippen LogP contribution in [0.5, 0.6) is 0 Å². The van der Waals surface area contributed by atoms with Gasteiger partial charge in [0.05, 0.1) is 12.7 Å². The van der Waals surface area contributed by atoms with Gasteiger partial charge in [0.1, 0.15) is 5.82 Å². The summed E-state index contributed by atoms with van der Waals surface area (Å²) >= 11 is 0. The van der Waals surface area contributed by atoms with Gasteiger partial charge in [0.15, 0.2) is 0 Å². The Morgan fingerprint density at radius 1 is 1.23 bits per heavy atom. The Labute approximate surface area is 154 Å². The minimum Gasteiger partial charge on any atom is -0.370 e.